The second-order valence-electron chi connectivity index (χ2n) is 13.4. The second kappa shape index (κ2) is 16.2. The lowest BCUT2D eigenvalue weighted by Gasteiger charge is -2.29. The van der Waals surface area contributed by atoms with E-state index >= 15 is 0 Å². The molecule has 1 unspecified atom stereocenters. The van der Waals surface area contributed by atoms with Gasteiger partial charge in [-0.15, -0.1) is 0 Å². The number of ether oxygens (including phenoxy) is 2. The van der Waals surface area contributed by atoms with E-state index in [4.69, 9.17) is 26.1 Å². The monoisotopic (exact) mass is 775 g/mol. The van der Waals surface area contributed by atoms with Crippen molar-refractivity contribution >= 4 is 51.1 Å². The highest BCUT2D eigenvalue weighted by molar-refractivity contribution is 6.30. The smallest absolute Gasteiger partial charge is 0.418 e. The van der Waals surface area contributed by atoms with Gasteiger partial charge in [-0.05, 0) is 73.9 Å². The molecule has 2 aliphatic rings. The number of aromatic amines is 1. The van der Waals surface area contributed by atoms with E-state index in [1.54, 1.807) is 38.2 Å². The van der Waals surface area contributed by atoms with Gasteiger partial charge in [-0.2, -0.15) is 18.3 Å². The van der Waals surface area contributed by atoms with Crippen LogP contribution in [0.5, 0.6) is 5.88 Å². The highest BCUT2D eigenvalue weighted by atomic mass is 35.5. The number of H-pyrrole nitrogens is 1. The number of aldehydes is 1. The highest BCUT2D eigenvalue weighted by Crippen LogP contribution is 2.37. The van der Waals surface area contributed by atoms with Crippen LogP contribution in [0.3, 0.4) is 0 Å². The Morgan fingerprint density at radius 2 is 1.95 bits per heavy atom. The number of carbonyl (C=O) groups excluding carboxylic acids is 1. The lowest BCUT2D eigenvalue weighted by atomic mass is 10.0. The van der Waals surface area contributed by atoms with Crippen LogP contribution in [0.1, 0.15) is 51.5 Å². The van der Waals surface area contributed by atoms with Crippen LogP contribution in [0.25, 0.3) is 27.5 Å². The number of nitrogens with zero attached hydrogens (tertiary/aromatic N) is 5. The predicted octanol–water partition coefficient (Wildman–Crippen LogP) is 8.63. The van der Waals surface area contributed by atoms with Crippen LogP contribution in [-0.4, -0.2) is 68.8 Å². The number of anilines is 1. The Labute approximate surface area is 319 Å². The number of aryl methyl sites for hydroxylation is 1. The average molecular weight is 776 g/mol. The third-order valence-corrected chi connectivity index (χ3v) is 9.95. The van der Waals surface area contributed by atoms with E-state index in [0.717, 1.165) is 79.6 Å². The standard InChI is InChI=1S/C30H28ClFN4O3.C10H10F3N3/c31-23-6-5-22(25(32)15-23)19-39-30-3-1-2-26(34-30)21-8-11-35(12-9-21)17-29-33-27-7-4-20(18-37)14-28(27)36(29)16-24-10-13-38-24;1-5-7-3-6(14-2)4-8(10(11,12)13)9(7)16-15-5/h1-8,14-15,18,24H,9-13,16-17,19H2;3-4,14H,1-2H3,(H,15,16). The van der Waals surface area contributed by atoms with E-state index in [9.17, 15) is 22.4 Å². The molecule has 1 saturated heterocycles. The Kier molecular flexibility index (Phi) is 11.2. The molecule has 0 spiro atoms. The molecule has 15 heteroatoms. The summed E-state index contributed by atoms with van der Waals surface area (Å²) in [4.78, 5) is 23.3. The molecule has 55 heavy (non-hydrogen) atoms. The van der Waals surface area contributed by atoms with Gasteiger partial charge in [0.1, 0.15) is 30.1 Å². The first kappa shape index (κ1) is 38.0. The summed E-state index contributed by atoms with van der Waals surface area (Å²) in [6.07, 6.45) is 0.729. The Bertz CT molecular complexity index is 2370. The molecule has 3 aromatic heterocycles. The molecule has 0 saturated carbocycles. The topological polar surface area (TPSA) is 110 Å². The van der Waals surface area contributed by atoms with E-state index in [1.807, 2.05) is 30.3 Å². The van der Waals surface area contributed by atoms with E-state index in [2.05, 4.69) is 36.0 Å². The molecule has 1 atom stereocenters. The Balaban J connectivity index is 0.000000243. The van der Waals surface area contributed by atoms with Crippen LogP contribution >= 0.6 is 11.6 Å². The van der Waals surface area contributed by atoms with Gasteiger partial charge in [-0.3, -0.25) is 14.8 Å². The van der Waals surface area contributed by atoms with Crippen molar-refractivity contribution in [1.82, 2.24) is 29.6 Å². The number of carbonyl (C=O) groups is 1. The summed E-state index contributed by atoms with van der Waals surface area (Å²) in [5.74, 6) is 1.03. The SMILES string of the molecule is CNc1cc(C(F)(F)F)c2n[nH]c(C)c2c1.O=Cc1ccc2nc(CN3CC=C(c4cccc(OCc5ccc(Cl)cc5F)n4)CC3)n(CC3CCO3)c2c1. The number of benzene rings is 3. The number of hydrogen-bond acceptors (Lipinski definition) is 8. The van der Waals surface area contributed by atoms with Crippen molar-refractivity contribution in [2.24, 2.45) is 0 Å². The van der Waals surface area contributed by atoms with Gasteiger partial charge >= 0.3 is 6.18 Å². The molecule has 0 aliphatic carbocycles. The molecule has 2 aliphatic heterocycles. The lowest BCUT2D eigenvalue weighted by molar-refractivity contribution is -0.136. The molecule has 5 heterocycles. The number of aromatic nitrogens is 5. The lowest BCUT2D eigenvalue weighted by Crippen LogP contribution is -2.33. The predicted molar refractivity (Wildman–Crippen MR) is 203 cm³/mol. The number of imidazole rings is 1. The molecule has 1 fully saturated rings. The van der Waals surface area contributed by atoms with Gasteiger partial charge in [0.15, 0.2) is 0 Å². The van der Waals surface area contributed by atoms with Gasteiger partial charge in [0.25, 0.3) is 0 Å². The van der Waals surface area contributed by atoms with Crippen molar-refractivity contribution in [3.8, 4) is 5.88 Å². The minimum atomic E-state index is -4.40. The molecule has 286 valence electrons. The van der Waals surface area contributed by atoms with Gasteiger partial charge < -0.3 is 19.4 Å². The third kappa shape index (κ3) is 8.66. The van der Waals surface area contributed by atoms with Gasteiger partial charge in [-0.1, -0.05) is 29.8 Å². The van der Waals surface area contributed by atoms with Gasteiger partial charge in [0, 0.05) is 65.7 Å². The summed E-state index contributed by atoms with van der Waals surface area (Å²) in [5, 5.41) is 9.80. The van der Waals surface area contributed by atoms with Crippen LogP contribution in [0, 0.1) is 12.7 Å². The summed E-state index contributed by atoms with van der Waals surface area (Å²) in [7, 11) is 1.58. The van der Waals surface area contributed by atoms with E-state index in [-0.39, 0.29) is 18.2 Å². The summed E-state index contributed by atoms with van der Waals surface area (Å²) < 4.78 is 66.1. The number of rotatable bonds is 10. The van der Waals surface area contributed by atoms with E-state index in [0.29, 0.717) is 45.3 Å². The number of pyridine rings is 1. The fourth-order valence-electron chi connectivity index (χ4n) is 6.57. The molecule has 0 bridgehead atoms. The molecule has 0 amide bonds. The molecule has 2 N–H and O–H groups in total. The average Bonchev–Trinajstić information content (AvgIpc) is 3.70. The largest absolute Gasteiger partial charge is 0.473 e. The van der Waals surface area contributed by atoms with Crippen molar-refractivity contribution in [3.63, 3.8) is 0 Å². The third-order valence-electron chi connectivity index (χ3n) is 9.71. The maximum atomic E-state index is 14.1. The van der Waals surface area contributed by atoms with Crippen molar-refractivity contribution < 1.29 is 31.8 Å². The molecule has 10 nitrogen and oxygen atoms in total. The van der Waals surface area contributed by atoms with Crippen molar-refractivity contribution in [2.75, 3.05) is 32.1 Å². The molecule has 6 aromatic rings. The fraction of sp³-hybridized carbons (Fsp3) is 0.300. The number of halogens is 5. The zero-order valence-corrected chi connectivity index (χ0v) is 30.8. The molecule has 3 aromatic carbocycles. The number of nitrogens with one attached hydrogen (secondary N) is 2. The first-order chi connectivity index (χ1) is 26.5. The van der Waals surface area contributed by atoms with Gasteiger partial charge in [0.05, 0.1) is 41.5 Å². The Morgan fingerprint density at radius 1 is 1.11 bits per heavy atom. The first-order valence-electron chi connectivity index (χ1n) is 17.7. The van der Waals surface area contributed by atoms with Crippen LogP contribution in [-0.2, 0) is 30.6 Å². The molecular weight excluding hydrogens is 738 g/mol. The van der Waals surface area contributed by atoms with Crippen LogP contribution < -0.4 is 10.1 Å². The second-order valence-corrected chi connectivity index (χ2v) is 13.8. The van der Waals surface area contributed by atoms with Crippen molar-refractivity contribution in [2.45, 2.75) is 51.7 Å². The normalized spacial score (nSPS) is 16.0. The van der Waals surface area contributed by atoms with E-state index in [1.165, 1.54) is 6.07 Å². The minimum Gasteiger partial charge on any atom is -0.473 e. The molecule has 0 radical (unpaired) electrons. The first-order valence-corrected chi connectivity index (χ1v) is 18.1. The van der Waals surface area contributed by atoms with Crippen LogP contribution in [0.15, 0.2) is 72.8 Å². The summed E-state index contributed by atoms with van der Waals surface area (Å²) in [6.45, 7) is 5.62. The van der Waals surface area contributed by atoms with Crippen LogP contribution in [0.2, 0.25) is 5.02 Å². The number of alkyl halides is 3. The zero-order chi connectivity index (χ0) is 38.7. The van der Waals surface area contributed by atoms with Crippen molar-refractivity contribution in [3.05, 3.63) is 118 Å². The minimum absolute atomic E-state index is 0.0380. The number of hydrogen-bond donors (Lipinski definition) is 2. The van der Waals surface area contributed by atoms with Gasteiger partial charge in [0.2, 0.25) is 5.88 Å². The summed E-state index contributed by atoms with van der Waals surface area (Å²) in [5.41, 5.74) is 5.23. The number of fused-ring (bicyclic) bond motifs is 2. The molecule has 8 rings (SSSR count). The Hall–Kier alpha value is -5.31. The highest BCUT2D eigenvalue weighted by Gasteiger charge is 2.34. The summed E-state index contributed by atoms with van der Waals surface area (Å²) in [6, 6.07) is 18.5. The zero-order valence-electron chi connectivity index (χ0n) is 30.1. The van der Waals surface area contributed by atoms with Crippen LogP contribution in [0.4, 0.5) is 23.2 Å². The van der Waals surface area contributed by atoms with E-state index < -0.39 is 17.6 Å². The maximum Gasteiger partial charge on any atom is 0.418 e. The Morgan fingerprint density at radius 3 is 2.64 bits per heavy atom. The molecular formula is C40H38ClF4N7O3. The maximum absolute atomic E-state index is 14.1. The van der Waals surface area contributed by atoms with Gasteiger partial charge in [-0.25, -0.2) is 14.4 Å². The van der Waals surface area contributed by atoms with Crippen molar-refractivity contribution in [1.29, 1.82) is 0 Å². The quantitative estimate of drug-likeness (QED) is 0.105. The summed E-state index contributed by atoms with van der Waals surface area (Å²) >= 11 is 5.84. The fourth-order valence-corrected chi connectivity index (χ4v) is 6.73.